The largest absolute Gasteiger partial charge is 0.307 e. The van der Waals surface area contributed by atoms with E-state index in [-0.39, 0.29) is 6.54 Å². The number of imidazole rings is 1. The smallest absolute Gasteiger partial charge is 0.220 e. The third kappa shape index (κ3) is 0.952. The van der Waals surface area contributed by atoms with Gasteiger partial charge in [-0.15, -0.1) is 0 Å². The van der Waals surface area contributed by atoms with Crippen LogP contribution in [0.5, 0.6) is 0 Å². The number of aromatic nitrogens is 4. The second kappa shape index (κ2) is 2.69. The molecule has 0 atom stereocenters. The van der Waals surface area contributed by atoms with Crippen molar-refractivity contribution in [2.75, 3.05) is 0 Å². The van der Waals surface area contributed by atoms with Gasteiger partial charge in [0, 0.05) is 0 Å². The summed E-state index contributed by atoms with van der Waals surface area (Å²) in [6, 6.07) is 0. The number of carbonyl (C=O) groups excluding carboxylic acids is 1. The van der Waals surface area contributed by atoms with Gasteiger partial charge in [-0.3, -0.25) is 4.79 Å². The Balaban J connectivity index is 2.62. The van der Waals surface area contributed by atoms with Gasteiger partial charge in [-0.1, -0.05) is 0 Å². The van der Waals surface area contributed by atoms with Gasteiger partial charge in [0.2, 0.25) is 6.29 Å². The molecule has 0 aromatic carbocycles. The van der Waals surface area contributed by atoms with Gasteiger partial charge >= 0.3 is 0 Å². The number of rotatable bonds is 2. The molecule has 5 nitrogen and oxygen atoms in total. The van der Waals surface area contributed by atoms with Gasteiger partial charge in [0.25, 0.3) is 0 Å². The highest BCUT2D eigenvalue weighted by Gasteiger charge is 2.01. The van der Waals surface area contributed by atoms with Gasteiger partial charge < -0.3 is 4.57 Å². The molecule has 0 saturated heterocycles. The van der Waals surface area contributed by atoms with Crippen LogP contribution in [0.25, 0.3) is 11.2 Å². The van der Waals surface area contributed by atoms with Crippen LogP contribution in [-0.2, 0) is 11.3 Å². The van der Waals surface area contributed by atoms with Crippen molar-refractivity contribution in [3.05, 3.63) is 18.9 Å². The SMILES string of the molecule is O=[C]Cn1cnc2cncnc21. The fraction of sp³-hybridized carbons (Fsp3) is 0.143. The summed E-state index contributed by atoms with van der Waals surface area (Å²) in [5, 5.41) is 0. The van der Waals surface area contributed by atoms with Crippen LogP contribution in [0.1, 0.15) is 0 Å². The molecular formula is C7H5N4O. The molecule has 59 valence electrons. The van der Waals surface area contributed by atoms with Crippen LogP contribution in [0.15, 0.2) is 18.9 Å². The van der Waals surface area contributed by atoms with Crippen molar-refractivity contribution in [1.29, 1.82) is 0 Å². The van der Waals surface area contributed by atoms with E-state index in [9.17, 15) is 4.79 Å². The fourth-order valence-electron chi connectivity index (χ4n) is 1.00. The van der Waals surface area contributed by atoms with E-state index in [1.165, 1.54) is 6.33 Å². The average molecular weight is 161 g/mol. The second-order valence-corrected chi connectivity index (χ2v) is 2.25. The predicted molar refractivity (Wildman–Crippen MR) is 41.0 cm³/mol. The molecular weight excluding hydrogens is 156 g/mol. The maximum atomic E-state index is 10.1. The standard InChI is InChI=1S/C7H5N4O/c12-2-1-11-5-10-6-3-8-4-9-7(6)11/h3-5H,1H2. The van der Waals surface area contributed by atoms with Crippen molar-refractivity contribution in [2.45, 2.75) is 6.54 Å². The van der Waals surface area contributed by atoms with Crippen molar-refractivity contribution in [2.24, 2.45) is 0 Å². The van der Waals surface area contributed by atoms with Crippen molar-refractivity contribution in [1.82, 2.24) is 19.5 Å². The lowest BCUT2D eigenvalue weighted by Crippen LogP contribution is -1.97. The first-order valence-electron chi connectivity index (χ1n) is 3.37. The van der Waals surface area contributed by atoms with E-state index < -0.39 is 0 Å². The van der Waals surface area contributed by atoms with E-state index in [1.807, 2.05) is 0 Å². The molecule has 0 bridgehead atoms. The second-order valence-electron chi connectivity index (χ2n) is 2.25. The third-order valence-electron chi connectivity index (χ3n) is 1.52. The first-order valence-corrected chi connectivity index (χ1v) is 3.37. The molecule has 0 amide bonds. The van der Waals surface area contributed by atoms with E-state index in [1.54, 1.807) is 23.4 Å². The summed E-state index contributed by atoms with van der Waals surface area (Å²) in [6.45, 7) is 0.160. The highest BCUT2D eigenvalue weighted by molar-refractivity contribution is 5.70. The molecule has 1 radical (unpaired) electrons. The topological polar surface area (TPSA) is 60.7 Å². The van der Waals surface area contributed by atoms with Crippen LogP contribution >= 0.6 is 0 Å². The van der Waals surface area contributed by atoms with Crippen LogP contribution in [-0.4, -0.2) is 25.8 Å². The van der Waals surface area contributed by atoms with Crippen molar-refractivity contribution >= 4 is 17.5 Å². The summed E-state index contributed by atoms with van der Waals surface area (Å²) < 4.78 is 1.62. The normalized spacial score (nSPS) is 10.3. The van der Waals surface area contributed by atoms with Crippen LogP contribution in [0.4, 0.5) is 0 Å². The third-order valence-corrected chi connectivity index (χ3v) is 1.52. The van der Waals surface area contributed by atoms with E-state index in [0.29, 0.717) is 11.2 Å². The summed E-state index contributed by atoms with van der Waals surface area (Å²) in [5.74, 6) is 0. The summed E-state index contributed by atoms with van der Waals surface area (Å²) in [6.07, 6.45) is 6.34. The molecule has 2 heterocycles. The molecule has 0 fully saturated rings. The number of nitrogens with zero attached hydrogens (tertiary/aromatic N) is 4. The molecule has 0 aliphatic heterocycles. The molecule has 0 saturated carbocycles. The highest BCUT2D eigenvalue weighted by Crippen LogP contribution is 2.05. The van der Waals surface area contributed by atoms with Gasteiger partial charge in [-0.25, -0.2) is 15.0 Å². The molecule has 0 aliphatic carbocycles. The summed E-state index contributed by atoms with van der Waals surface area (Å²) in [5.41, 5.74) is 1.35. The fourth-order valence-corrected chi connectivity index (χ4v) is 1.00. The zero-order chi connectivity index (χ0) is 8.39. The number of hydrogen-bond acceptors (Lipinski definition) is 4. The van der Waals surface area contributed by atoms with Gasteiger partial charge in [-0.05, 0) is 0 Å². The van der Waals surface area contributed by atoms with Crippen LogP contribution in [0.3, 0.4) is 0 Å². The molecule has 2 aromatic heterocycles. The quantitative estimate of drug-likeness (QED) is 0.618. The Morgan fingerprint density at radius 2 is 2.42 bits per heavy atom. The Morgan fingerprint density at radius 1 is 1.50 bits per heavy atom. The van der Waals surface area contributed by atoms with E-state index in [0.717, 1.165) is 0 Å². The average Bonchev–Trinajstić information content (AvgIpc) is 2.50. The Hall–Kier alpha value is -1.78. The number of fused-ring (bicyclic) bond motifs is 1. The molecule has 0 spiro atoms. The molecule has 0 unspecified atom stereocenters. The monoisotopic (exact) mass is 161 g/mol. The first-order chi connectivity index (χ1) is 5.92. The summed E-state index contributed by atoms with van der Waals surface area (Å²) in [4.78, 5) is 21.9. The Morgan fingerprint density at radius 3 is 3.25 bits per heavy atom. The van der Waals surface area contributed by atoms with Crippen molar-refractivity contribution in [3.63, 3.8) is 0 Å². The lowest BCUT2D eigenvalue weighted by Gasteiger charge is -1.93. The summed E-state index contributed by atoms with van der Waals surface area (Å²) in [7, 11) is 0. The highest BCUT2D eigenvalue weighted by atomic mass is 16.1. The van der Waals surface area contributed by atoms with Gasteiger partial charge in [0.15, 0.2) is 5.65 Å². The summed E-state index contributed by atoms with van der Waals surface area (Å²) >= 11 is 0. The van der Waals surface area contributed by atoms with E-state index in [4.69, 9.17) is 0 Å². The van der Waals surface area contributed by atoms with Gasteiger partial charge in [0.05, 0.1) is 19.1 Å². The van der Waals surface area contributed by atoms with Crippen molar-refractivity contribution < 1.29 is 4.79 Å². The maximum Gasteiger partial charge on any atom is 0.220 e. The van der Waals surface area contributed by atoms with Crippen LogP contribution in [0, 0.1) is 0 Å². The number of hydrogen-bond donors (Lipinski definition) is 0. The van der Waals surface area contributed by atoms with Gasteiger partial charge in [-0.2, -0.15) is 0 Å². The molecule has 12 heavy (non-hydrogen) atoms. The Bertz CT molecular complexity index is 408. The zero-order valence-electron chi connectivity index (χ0n) is 6.14. The zero-order valence-corrected chi connectivity index (χ0v) is 6.14. The lowest BCUT2D eigenvalue weighted by atomic mass is 10.5. The minimum atomic E-state index is 0.160. The predicted octanol–water partition coefficient (Wildman–Crippen LogP) is -0.0640. The van der Waals surface area contributed by atoms with E-state index >= 15 is 0 Å². The molecule has 0 N–H and O–H groups in total. The maximum absolute atomic E-state index is 10.1. The molecule has 2 aromatic rings. The Labute approximate surface area is 68.1 Å². The van der Waals surface area contributed by atoms with E-state index in [2.05, 4.69) is 15.0 Å². The Kier molecular flexibility index (Phi) is 1.55. The molecule has 0 aliphatic rings. The van der Waals surface area contributed by atoms with Crippen molar-refractivity contribution in [3.8, 4) is 0 Å². The van der Waals surface area contributed by atoms with Gasteiger partial charge in [0.1, 0.15) is 11.8 Å². The van der Waals surface area contributed by atoms with Crippen LogP contribution in [0.2, 0.25) is 0 Å². The van der Waals surface area contributed by atoms with Crippen LogP contribution < -0.4 is 0 Å². The molecule has 5 heteroatoms. The molecule has 2 rings (SSSR count). The minimum absolute atomic E-state index is 0.160. The lowest BCUT2D eigenvalue weighted by molar-refractivity contribution is 0.546. The first kappa shape index (κ1) is 6.90. The minimum Gasteiger partial charge on any atom is -0.307 e.